The number of nitrogens with one attached hydrogen (secondary N) is 1. The maximum absolute atomic E-state index is 9.53. The van der Waals surface area contributed by atoms with E-state index in [9.17, 15) is 5.11 Å². The number of phenolic OH excluding ortho intramolecular Hbond substituents is 1. The first-order valence-corrected chi connectivity index (χ1v) is 8.10. The lowest BCUT2D eigenvalue weighted by molar-refractivity contribution is 0.279. The third-order valence-electron chi connectivity index (χ3n) is 4.72. The lowest BCUT2D eigenvalue weighted by atomic mass is 10.1. The molecule has 1 aromatic rings. The number of hydrogen-bond acceptors (Lipinski definition) is 3. The van der Waals surface area contributed by atoms with E-state index in [0.717, 1.165) is 13.0 Å². The van der Waals surface area contributed by atoms with E-state index in [1.165, 1.54) is 62.9 Å². The Labute approximate surface area is 122 Å². The Bertz CT molecular complexity index is 439. The van der Waals surface area contributed by atoms with Crippen LogP contribution in [0, 0.1) is 0 Å². The van der Waals surface area contributed by atoms with E-state index in [1.54, 1.807) is 0 Å². The molecule has 1 heterocycles. The minimum absolute atomic E-state index is 0.397. The first-order chi connectivity index (χ1) is 9.83. The highest BCUT2D eigenvalue weighted by atomic mass is 16.3. The van der Waals surface area contributed by atoms with Crippen LogP contribution in [0.4, 0.5) is 0 Å². The van der Waals surface area contributed by atoms with Crippen LogP contribution >= 0.6 is 0 Å². The number of likely N-dealkylation sites (tertiary alicyclic amines) is 1. The van der Waals surface area contributed by atoms with Crippen molar-refractivity contribution in [2.45, 2.75) is 44.6 Å². The molecule has 1 aliphatic heterocycles. The molecule has 1 aliphatic carbocycles. The van der Waals surface area contributed by atoms with Gasteiger partial charge in [0.1, 0.15) is 5.75 Å². The summed E-state index contributed by atoms with van der Waals surface area (Å²) in [5, 5.41) is 13.2. The van der Waals surface area contributed by atoms with Crippen molar-refractivity contribution < 1.29 is 5.11 Å². The average Bonchev–Trinajstić information content (AvgIpc) is 2.67. The molecule has 1 unspecified atom stereocenters. The summed E-state index contributed by atoms with van der Waals surface area (Å²) in [6, 6.07) is 6.30. The van der Waals surface area contributed by atoms with Gasteiger partial charge in [0.15, 0.2) is 0 Å². The molecule has 0 aromatic heterocycles. The lowest BCUT2D eigenvalue weighted by Gasteiger charge is -2.21. The van der Waals surface area contributed by atoms with Crippen molar-refractivity contribution in [2.24, 2.45) is 0 Å². The van der Waals surface area contributed by atoms with Gasteiger partial charge in [0.05, 0.1) is 0 Å². The molecule has 0 saturated carbocycles. The molecule has 1 fully saturated rings. The van der Waals surface area contributed by atoms with Crippen molar-refractivity contribution in [3.05, 3.63) is 29.3 Å². The minimum atomic E-state index is 0.397. The van der Waals surface area contributed by atoms with Crippen LogP contribution in [-0.4, -0.2) is 36.2 Å². The van der Waals surface area contributed by atoms with E-state index in [4.69, 9.17) is 0 Å². The van der Waals surface area contributed by atoms with Gasteiger partial charge in [-0.25, -0.2) is 0 Å². The number of fused-ring (bicyclic) bond motifs is 1. The second-order valence-electron chi connectivity index (χ2n) is 6.18. The largest absolute Gasteiger partial charge is 0.508 e. The SMILES string of the molecule is Oc1ccc2c(c1)CCC2NCCN1CCCCCC1. The van der Waals surface area contributed by atoms with Crippen LogP contribution in [0.1, 0.15) is 49.3 Å². The molecule has 3 nitrogen and oxygen atoms in total. The van der Waals surface area contributed by atoms with Crippen LogP contribution in [-0.2, 0) is 6.42 Å². The highest BCUT2D eigenvalue weighted by Crippen LogP contribution is 2.32. The van der Waals surface area contributed by atoms with Gasteiger partial charge in [-0.2, -0.15) is 0 Å². The van der Waals surface area contributed by atoms with E-state index >= 15 is 0 Å². The van der Waals surface area contributed by atoms with E-state index < -0.39 is 0 Å². The molecule has 2 N–H and O–H groups in total. The molecular formula is C17H26N2O. The summed E-state index contributed by atoms with van der Waals surface area (Å²) < 4.78 is 0. The van der Waals surface area contributed by atoms with Crippen molar-refractivity contribution in [1.29, 1.82) is 0 Å². The van der Waals surface area contributed by atoms with E-state index in [0.29, 0.717) is 11.8 Å². The average molecular weight is 274 g/mol. The van der Waals surface area contributed by atoms with Gasteiger partial charge in [-0.15, -0.1) is 0 Å². The number of rotatable bonds is 4. The molecule has 0 amide bonds. The summed E-state index contributed by atoms with van der Waals surface area (Å²) in [4.78, 5) is 2.60. The quantitative estimate of drug-likeness (QED) is 0.886. The fourth-order valence-electron chi connectivity index (χ4n) is 3.57. The molecule has 3 rings (SSSR count). The Hall–Kier alpha value is -1.06. The zero-order valence-electron chi connectivity index (χ0n) is 12.3. The topological polar surface area (TPSA) is 35.5 Å². The van der Waals surface area contributed by atoms with Crippen molar-refractivity contribution in [3.8, 4) is 5.75 Å². The van der Waals surface area contributed by atoms with Gasteiger partial charge in [-0.3, -0.25) is 0 Å². The Kier molecular flexibility index (Phi) is 4.58. The zero-order chi connectivity index (χ0) is 13.8. The predicted octanol–water partition coefficient (Wildman–Crippen LogP) is 2.85. The van der Waals surface area contributed by atoms with Gasteiger partial charge in [0.25, 0.3) is 0 Å². The van der Waals surface area contributed by atoms with E-state index in [2.05, 4.69) is 16.3 Å². The first kappa shape index (κ1) is 13.9. The lowest BCUT2D eigenvalue weighted by Crippen LogP contribution is -2.34. The highest BCUT2D eigenvalue weighted by Gasteiger charge is 2.22. The smallest absolute Gasteiger partial charge is 0.115 e. The molecule has 2 aliphatic rings. The van der Waals surface area contributed by atoms with E-state index in [-0.39, 0.29) is 0 Å². The number of phenols is 1. The van der Waals surface area contributed by atoms with Gasteiger partial charge in [0.2, 0.25) is 0 Å². The third-order valence-corrected chi connectivity index (χ3v) is 4.72. The number of hydrogen-bond donors (Lipinski definition) is 2. The maximum atomic E-state index is 9.53. The predicted molar refractivity (Wildman–Crippen MR) is 82.1 cm³/mol. The standard InChI is InChI=1S/C17H26N2O/c20-15-6-7-16-14(13-15)5-8-17(16)18-9-12-19-10-3-1-2-4-11-19/h6-7,13,17-18,20H,1-5,8-12H2. The molecule has 110 valence electrons. The molecule has 20 heavy (non-hydrogen) atoms. The van der Waals surface area contributed by atoms with Crippen LogP contribution in [0.5, 0.6) is 5.75 Å². The minimum Gasteiger partial charge on any atom is -0.508 e. The van der Waals surface area contributed by atoms with Crippen LogP contribution < -0.4 is 5.32 Å². The Morgan fingerprint density at radius 1 is 1.15 bits per heavy atom. The monoisotopic (exact) mass is 274 g/mol. The molecule has 1 aromatic carbocycles. The second kappa shape index (κ2) is 6.59. The second-order valence-corrected chi connectivity index (χ2v) is 6.18. The fourth-order valence-corrected chi connectivity index (χ4v) is 3.57. The number of aromatic hydroxyl groups is 1. The van der Waals surface area contributed by atoms with E-state index in [1.807, 2.05) is 12.1 Å². The van der Waals surface area contributed by atoms with Crippen molar-refractivity contribution in [3.63, 3.8) is 0 Å². The first-order valence-electron chi connectivity index (χ1n) is 8.10. The summed E-state index contributed by atoms with van der Waals surface area (Å²) in [7, 11) is 0. The molecule has 1 saturated heterocycles. The van der Waals surface area contributed by atoms with Gasteiger partial charge in [0, 0.05) is 19.1 Å². The summed E-state index contributed by atoms with van der Waals surface area (Å²) in [6.45, 7) is 4.79. The Morgan fingerprint density at radius 3 is 2.75 bits per heavy atom. The van der Waals surface area contributed by atoms with Crippen molar-refractivity contribution in [2.75, 3.05) is 26.2 Å². The van der Waals surface area contributed by atoms with Crippen LogP contribution in [0.3, 0.4) is 0 Å². The molecule has 1 atom stereocenters. The third kappa shape index (κ3) is 3.33. The van der Waals surface area contributed by atoms with Crippen molar-refractivity contribution in [1.82, 2.24) is 10.2 Å². The molecule has 0 radical (unpaired) electrons. The Balaban J connectivity index is 1.48. The van der Waals surface area contributed by atoms with Crippen LogP contribution in [0.15, 0.2) is 18.2 Å². The fraction of sp³-hybridized carbons (Fsp3) is 0.647. The number of benzene rings is 1. The Morgan fingerprint density at radius 2 is 1.95 bits per heavy atom. The van der Waals surface area contributed by atoms with Gasteiger partial charge < -0.3 is 15.3 Å². The van der Waals surface area contributed by atoms with Crippen molar-refractivity contribution >= 4 is 0 Å². The maximum Gasteiger partial charge on any atom is 0.115 e. The molecule has 0 bridgehead atoms. The molecule has 3 heteroatoms. The van der Waals surface area contributed by atoms with Gasteiger partial charge in [-0.05, 0) is 62.0 Å². The number of aryl methyl sites for hydroxylation is 1. The number of nitrogens with zero attached hydrogens (tertiary/aromatic N) is 1. The van der Waals surface area contributed by atoms with Crippen LogP contribution in [0.2, 0.25) is 0 Å². The summed E-state index contributed by atoms with van der Waals surface area (Å²) in [5.74, 6) is 0.397. The molecule has 0 spiro atoms. The summed E-state index contributed by atoms with van der Waals surface area (Å²) in [5.41, 5.74) is 2.70. The van der Waals surface area contributed by atoms with Gasteiger partial charge >= 0.3 is 0 Å². The zero-order valence-corrected chi connectivity index (χ0v) is 12.3. The van der Waals surface area contributed by atoms with Crippen LogP contribution in [0.25, 0.3) is 0 Å². The molecular weight excluding hydrogens is 248 g/mol. The summed E-state index contributed by atoms with van der Waals surface area (Å²) in [6.07, 6.45) is 7.80. The highest BCUT2D eigenvalue weighted by molar-refractivity contribution is 5.39. The normalized spacial score (nSPS) is 23.5. The van der Waals surface area contributed by atoms with Gasteiger partial charge in [-0.1, -0.05) is 18.9 Å². The summed E-state index contributed by atoms with van der Waals surface area (Å²) >= 11 is 0.